The van der Waals surface area contributed by atoms with Gasteiger partial charge in [0, 0.05) is 35.2 Å². The largest absolute Gasteiger partial charge is 0.352 e. The molecule has 1 atom stereocenters. The summed E-state index contributed by atoms with van der Waals surface area (Å²) < 4.78 is 14.6. The first-order chi connectivity index (χ1) is 12.9. The highest BCUT2D eigenvalue weighted by Crippen LogP contribution is 2.20. The molecule has 0 bridgehead atoms. The zero-order valence-corrected chi connectivity index (χ0v) is 16.8. The Bertz CT molecular complexity index is 839. The molecule has 6 heteroatoms. The molecule has 1 N–H and O–H groups in total. The van der Waals surface area contributed by atoms with Gasteiger partial charge in [0.1, 0.15) is 5.82 Å². The fraction of sp³-hybridized carbons (Fsp3) is 0.333. The molecule has 27 heavy (non-hydrogen) atoms. The minimum atomic E-state index is -0.349. The van der Waals surface area contributed by atoms with E-state index in [0.717, 1.165) is 22.9 Å². The van der Waals surface area contributed by atoms with E-state index in [1.807, 2.05) is 31.2 Å². The predicted octanol–water partition coefficient (Wildman–Crippen LogP) is 4.07. The molecule has 1 unspecified atom stereocenters. The molecule has 0 saturated carbocycles. The minimum absolute atomic E-state index is 0.0504. The molecule has 0 aromatic heterocycles. The van der Waals surface area contributed by atoms with E-state index in [1.165, 1.54) is 6.07 Å². The fourth-order valence-electron chi connectivity index (χ4n) is 3.26. The molecular weight excluding hydrogens is 411 g/mol. The van der Waals surface area contributed by atoms with E-state index in [0.29, 0.717) is 24.2 Å². The van der Waals surface area contributed by atoms with Gasteiger partial charge in [0.05, 0.1) is 5.92 Å². The van der Waals surface area contributed by atoms with Gasteiger partial charge in [0.2, 0.25) is 5.91 Å². The maximum atomic E-state index is 13.8. The molecule has 0 aliphatic carbocycles. The molecule has 2 aromatic rings. The molecule has 0 radical (unpaired) electrons. The van der Waals surface area contributed by atoms with E-state index in [2.05, 4.69) is 21.2 Å². The topological polar surface area (TPSA) is 49.4 Å². The Morgan fingerprint density at radius 3 is 2.70 bits per heavy atom. The highest BCUT2D eigenvalue weighted by Gasteiger charge is 2.28. The Balaban J connectivity index is 1.60. The molecule has 1 saturated heterocycles. The van der Waals surface area contributed by atoms with Crippen LogP contribution in [0.2, 0.25) is 0 Å². The quantitative estimate of drug-likeness (QED) is 0.791. The number of likely N-dealkylation sites (tertiary alicyclic amines) is 1. The van der Waals surface area contributed by atoms with Crippen molar-refractivity contribution in [2.24, 2.45) is 5.92 Å². The fourth-order valence-corrected chi connectivity index (χ4v) is 3.67. The summed E-state index contributed by atoms with van der Waals surface area (Å²) in [6.45, 7) is 3.15. The summed E-state index contributed by atoms with van der Waals surface area (Å²) in [5.74, 6) is -0.817. The van der Waals surface area contributed by atoms with Gasteiger partial charge in [-0.3, -0.25) is 9.59 Å². The van der Waals surface area contributed by atoms with Crippen LogP contribution in [-0.2, 0) is 11.3 Å². The molecule has 142 valence electrons. The van der Waals surface area contributed by atoms with Gasteiger partial charge in [-0.15, -0.1) is 0 Å². The summed E-state index contributed by atoms with van der Waals surface area (Å²) in [6.07, 6.45) is 1.51. The van der Waals surface area contributed by atoms with Crippen LogP contribution in [0.25, 0.3) is 0 Å². The second-order valence-electron chi connectivity index (χ2n) is 6.91. The van der Waals surface area contributed by atoms with Gasteiger partial charge in [0.15, 0.2) is 0 Å². The standard InChI is InChI=1S/C21H22BrFN2O2/c1-14-4-6-15(7-5-14)21(27)25-10-2-3-16(13-25)20(26)24-12-17-11-18(22)8-9-19(17)23/h4-9,11,16H,2-3,10,12-13H2,1H3,(H,24,26). The summed E-state index contributed by atoms with van der Waals surface area (Å²) in [4.78, 5) is 26.9. The average molecular weight is 433 g/mol. The van der Waals surface area contributed by atoms with Crippen LogP contribution in [0.4, 0.5) is 4.39 Å². The first-order valence-corrected chi connectivity index (χ1v) is 9.81. The van der Waals surface area contributed by atoms with Gasteiger partial charge >= 0.3 is 0 Å². The van der Waals surface area contributed by atoms with E-state index in [1.54, 1.807) is 17.0 Å². The Morgan fingerprint density at radius 1 is 1.22 bits per heavy atom. The van der Waals surface area contributed by atoms with Crippen molar-refractivity contribution in [2.45, 2.75) is 26.3 Å². The third-order valence-corrected chi connectivity index (χ3v) is 5.33. The lowest BCUT2D eigenvalue weighted by Crippen LogP contribution is -2.45. The maximum Gasteiger partial charge on any atom is 0.253 e. The number of amides is 2. The molecule has 1 aliphatic heterocycles. The minimum Gasteiger partial charge on any atom is -0.352 e. The summed E-state index contributed by atoms with van der Waals surface area (Å²) in [6, 6.07) is 12.1. The van der Waals surface area contributed by atoms with E-state index in [-0.39, 0.29) is 30.1 Å². The number of rotatable bonds is 4. The van der Waals surface area contributed by atoms with Crippen molar-refractivity contribution in [3.63, 3.8) is 0 Å². The maximum absolute atomic E-state index is 13.8. The Kier molecular flexibility index (Phi) is 6.26. The van der Waals surface area contributed by atoms with Gasteiger partial charge in [-0.25, -0.2) is 4.39 Å². The highest BCUT2D eigenvalue weighted by molar-refractivity contribution is 9.10. The van der Waals surface area contributed by atoms with Crippen molar-refractivity contribution in [3.05, 3.63) is 69.4 Å². The molecule has 1 aliphatic rings. The van der Waals surface area contributed by atoms with Crippen LogP contribution in [0.3, 0.4) is 0 Å². The lowest BCUT2D eigenvalue weighted by Gasteiger charge is -2.32. The van der Waals surface area contributed by atoms with Crippen molar-refractivity contribution in [1.82, 2.24) is 10.2 Å². The Labute approximate surface area is 166 Å². The average Bonchev–Trinajstić information content (AvgIpc) is 2.68. The van der Waals surface area contributed by atoms with Crippen LogP contribution in [0.15, 0.2) is 46.9 Å². The number of hydrogen-bond acceptors (Lipinski definition) is 2. The normalized spacial score (nSPS) is 16.9. The number of piperidine rings is 1. The third kappa shape index (κ3) is 4.95. The number of halogens is 2. The lowest BCUT2D eigenvalue weighted by atomic mass is 9.96. The molecule has 4 nitrogen and oxygen atoms in total. The first-order valence-electron chi connectivity index (χ1n) is 9.01. The number of aryl methyl sites for hydroxylation is 1. The lowest BCUT2D eigenvalue weighted by molar-refractivity contribution is -0.126. The zero-order valence-electron chi connectivity index (χ0n) is 15.2. The smallest absolute Gasteiger partial charge is 0.253 e. The molecule has 3 rings (SSSR count). The van der Waals surface area contributed by atoms with Crippen LogP contribution in [0, 0.1) is 18.7 Å². The summed E-state index contributed by atoms with van der Waals surface area (Å²) in [5.41, 5.74) is 2.17. The van der Waals surface area contributed by atoms with Crippen molar-refractivity contribution >= 4 is 27.7 Å². The number of nitrogens with one attached hydrogen (secondary N) is 1. The van der Waals surface area contributed by atoms with Gasteiger partial charge in [-0.2, -0.15) is 0 Å². The predicted molar refractivity (Wildman–Crippen MR) is 106 cm³/mol. The van der Waals surface area contributed by atoms with Gasteiger partial charge in [-0.05, 0) is 50.1 Å². The highest BCUT2D eigenvalue weighted by atomic mass is 79.9. The number of carbonyl (C=O) groups excluding carboxylic acids is 2. The van der Waals surface area contributed by atoms with Crippen molar-refractivity contribution in [2.75, 3.05) is 13.1 Å². The summed E-state index contributed by atoms with van der Waals surface area (Å²) >= 11 is 3.31. The summed E-state index contributed by atoms with van der Waals surface area (Å²) in [7, 11) is 0. The molecule has 1 heterocycles. The SMILES string of the molecule is Cc1ccc(C(=O)N2CCCC(C(=O)NCc3cc(Br)ccc3F)C2)cc1. The van der Waals surface area contributed by atoms with Crippen LogP contribution < -0.4 is 5.32 Å². The van der Waals surface area contributed by atoms with Gasteiger partial charge in [-0.1, -0.05) is 33.6 Å². The van der Waals surface area contributed by atoms with E-state index in [9.17, 15) is 14.0 Å². The second-order valence-corrected chi connectivity index (χ2v) is 7.83. The van der Waals surface area contributed by atoms with Gasteiger partial charge in [0.25, 0.3) is 5.91 Å². The third-order valence-electron chi connectivity index (χ3n) is 4.84. The van der Waals surface area contributed by atoms with Crippen molar-refractivity contribution in [3.8, 4) is 0 Å². The number of nitrogens with zero attached hydrogens (tertiary/aromatic N) is 1. The van der Waals surface area contributed by atoms with Crippen LogP contribution in [-0.4, -0.2) is 29.8 Å². The second kappa shape index (κ2) is 8.65. The monoisotopic (exact) mass is 432 g/mol. The Morgan fingerprint density at radius 2 is 1.96 bits per heavy atom. The van der Waals surface area contributed by atoms with E-state index in [4.69, 9.17) is 0 Å². The molecule has 0 spiro atoms. The molecule has 1 fully saturated rings. The van der Waals surface area contributed by atoms with Crippen LogP contribution in [0.1, 0.15) is 34.3 Å². The van der Waals surface area contributed by atoms with Crippen molar-refractivity contribution in [1.29, 1.82) is 0 Å². The first kappa shape index (κ1) is 19.5. The van der Waals surface area contributed by atoms with Crippen LogP contribution in [0.5, 0.6) is 0 Å². The number of hydrogen-bond donors (Lipinski definition) is 1. The zero-order chi connectivity index (χ0) is 19.4. The van der Waals surface area contributed by atoms with E-state index < -0.39 is 0 Å². The summed E-state index contributed by atoms with van der Waals surface area (Å²) in [5, 5.41) is 2.81. The van der Waals surface area contributed by atoms with Crippen molar-refractivity contribution < 1.29 is 14.0 Å². The van der Waals surface area contributed by atoms with E-state index >= 15 is 0 Å². The Hall–Kier alpha value is -2.21. The molecule has 2 amide bonds. The number of benzene rings is 2. The molecular formula is C21H22BrFN2O2. The number of carbonyl (C=O) groups is 2. The molecule has 2 aromatic carbocycles. The van der Waals surface area contributed by atoms with Gasteiger partial charge < -0.3 is 10.2 Å². The van der Waals surface area contributed by atoms with Crippen LogP contribution >= 0.6 is 15.9 Å².